The van der Waals surface area contributed by atoms with Crippen LogP contribution < -0.4 is 5.73 Å². The maximum atomic E-state index is 10.9. The average Bonchev–Trinajstić information content (AvgIpc) is 2.13. The molecule has 0 heterocycles. The highest BCUT2D eigenvalue weighted by molar-refractivity contribution is 5.69. The molecule has 1 atom stereocenters. The number of carbonyl (C=O) groups is 1. The highest BCUT2D eigenvalue weighted by Gasteiger charge is 2.27. The van der Waals surface area contributed by atoms with Crippen molar-refractivity contribution in [1.82, 2.24) is 0 Å². The van der Waals surface area contributed by atoms with E-state index in [0.717, 1.165) is 11.1 Å². The molecule has 1 aromatic carbocycles. The molecule has 0 amide bonds. The van der Waals surface area contributed by atoms with Gasteiger partial charge in [0.05, 0.1) is 6.42 Å². The molecule has 0 spiro atoms. The molecule has 100 valence electrons. The Morgan fingerprint density at radius 3 is 2.28 bits per heavy atom. The van der Waals surface area contributed by atoms with Gasteiger partial charge in [-0.25, -0.2) is 0 Å². The molecular weight excluding hydrogens is 226 g/mol. The van der Waals surface area contributed by atoms with E-state index in [1.807, 2.05) is 19.1 Å². The highest BCUT2D eigenvalue weighted by atomic mass is 16.4. The summed E-state index contributed by atoms with van der Waals surface area (Å²) in [5.41, 5.74) is 8.49. The van der Waals surface area contributed by atoms with Crippen LogP contribution in [0.25, 0.3) is 0 Å². The van der Waals surface area contributed by atoms with Crippen molar-refractivity contribution in [2.24, 2.45) is 5.73 Å². The van der Waals surface area contributed by atoms with E-state index in [0.29, 0.717) is 0 Å². The number of carboxylic acid groups (broad SMARTS) is 1. The minimum absolute atomic E-state index is 0.0295. The van der Waals surface area contributed by atoms with E-state index >= 15 is 0 Å². The molecule has 0 saturated heterocycles. The lowest BCUT2D eigenvalue weighted by Gasteiger charge is -2.28. The van der Waals surface area contributed by atoms with E-state index in [1.165, 1.54) is 5.56 Å². The number of benzene rings is 1. The molecule has 0 saturated carbocycles. The van der Waals surface area contributed by atoms with Crippen LogP contribution in [0.3, 0.4) is 0 Å². The first-order valence-corrected chi connectivity index (χ1v) is 6.16. The van der Waals surface area contributed by atoms with Gasteiger partial charge in [0.2, 0.25) is 0 Å². The first-order valence-electron chi connectivity index (χ1n) is 6.16. The van der Waals surface area contributed by atoms with Crippen molar-refractivity contribution in [2.75, 3.05) is 0 Å². The monoisotopic (exact) mass is 249 g/mol. The lowest BCUT2D eigenvalue weighted by atomic mass is 9.80. The van der Waals surface area contributed by atoms with E-state index in [1.54, 1.807) is 6.92 Å². The Bertz CT molecular complexity index is 456. The van der Waals surface area contributed by atoms with Crippen LogP contribution in [0, 0.1) is 6.92 Å². The van der Waals surface area contributed by atoms with E-state index < -0.39 is 11.5 Å². The number of rotatable bonds is 3. The smallest absolute Gasteiger partial charge is 0.305 e. The Morgan fingerprint density at radius 1 is 1.28 bits per heavy atom. The third-order valence-electron chi connectivity index (χ3n) is 3.24. The van der Waals surface area contributed by atoms with Gasteiger partial charge in [-0.05, 0) is 36.0 Å². The fourth-order valence-corrected chi connectivity index (χ4v) is 2.11. The summed E-state index contributed by atoms with van der Waals surface area (Å²) in [5, 5.41) is 8.95. The minimum Gasteiger partial charge on any atom is -0.481 e. The fraction of sp³-hybridized carbons (Fsp3) is 0.533. The molecule has 0 aliphatic heterocycles. The molecule has 1 rings (SSSR count). The number of aryl methyl sites for hydroxylation is 1. The zero-order valence-electron chi connectivity index (χ0n) is 11.9. The average molecular weight is 249 g/mol. The van der Waals surface area contributed by atoms with Gasteiger partial charge >= 0.3 is 5.97 Å². The summed E-state index contributed by atoms with van der Waals surface area (Å²) in [6.07, 6.45) is -0.0680. The van der Waals surface area contributed by atoms with Crippen molar-refractivity contribution >= 4 is 5.97 Å². The largest absolute Gasteiger partial charge is 0.481 e. The maximum absolute atomic E-state index is 10.9. The zero-order chi connectivity index (χ0) is 14.1. The number of hydrogen-bond donors (Lipinski definition) is 2. The molecule has 0 aliphatic rings. The summed E-state index contributed by atoms with van der Waals surface area (Å²) in [4.78, 5) is 10.9. The summed E-state index contributed by atoms with van der Waals surface area (Å²) in [7, 11) is 0. The van der Waals surface area contributed by atoms with E-state index in [-0.39, 0.29) is 11.8 Å². The van der Waals surface area contributed by atoms with Crippen molar-refractivity contribution in [3.63, 3.8) is 0 Å². The van der Waals surface area contributed by atoms with Crippen LogP contribution in [-0.4, -0.2) is 11.1 Å². The van der Waals surface area contributed by atoms with Gasteiger partial charge in [-0.3, -0.25) is 4.79 Å². The van der Waals surface area contributed by atoms with Crippen LogP contribution in [0.4, 0.5) is 0 Å². The Labute approximate surface area is 109 Å². The lowest BCUT2D eigenvalue weighted by Crippen LogP contribution is -2.36. The number of carboxylic acids is 1. The van der Waals surface area contributed by atoms with Crippen molar-refractivity contribution in [1.29, 1.82) is 0 Å². The van der Waals surface area contributed by atoms with Gasteiger partial charge < -0.3 is 10.8 Å². The van der Waals surface area contributed by atoms with Crippen molar-refractivity contribution in [2.45, 2.75) is 52.0 Å². The van der Waals surface area contributed by atoms with Gasteiger partial charge in [0.25, 0.3) is 0 Å². The van der Waals surface area contributed by atoms with Gasteiger partial charge in [-0.2, -0.15) is 0 Å². The first kappa shape index (κ1) is 14.7. The molecule has 0 fully saturated rings. The number of aliphatic carboxylic acids is 1. The third kappa shape index (κ3) is 3.33. The molecular formula is C15H23NO2. The Balaban J connectivity index is 3.27. The topological polar surface area (TPSA) is 63.3 Å². The van der Waals surface area contributed by atoms with Gasteiger partial charge in [0.1, 0.15) is 0 Å². The second-order valence-corrected chi connectivity index (χ2v) is 6.27. The molecule has 1 aromatic rings. The van der Waals surface area contributed by atoms with Crippen LogP contribution in [0.2, 0.25) is 0 Å². The summed E-state index contributed by atoms with van der Waals surface area (Å²) < 4.78 is 0. The molecule has 0 aromatic heterocycles. The quantitative estimate of drug-likeness (QED) is 0.865. The standard InChI is InChI=1S/C15H23NO2/c1-10-6-7-11(14(2,3)4)8-12(10)15(5,16)9-13(17)18/h6-8H,9,16H2,1-5H3,(H,17,18). The molecule has 3 heteroatoms. The molecule has 0 radical (unpaired) electrons. The van der Waals surface area contributed by atoms with Crippen LogP contribution >= 0.6 is 0 Å². The third-order valence-corrected chi connectivity index (χ3v) is 3.24. The van der Waals surface area contributed by atoms with Gasteiger partial charge in [-0.15, -0.1) is 0 Å². The van der Waals surface area contributed by atoms with Crippen molar-refractivity contribution in [3.8, 4) is 0 Å². The Hall–Kier alpha value is -1.35. The first-order chi connectivity index (χ1) is 8.04. The molecule has 1 unspecified atom stereocenters. The Kier molecular flexibility index (Phi) is 3.86. The number of hydrogen-bond acceptors (Lipinski definition) is 2. The number of nitrogens with two attached hydrogens (primary N) is 1. The van der Waals surface area contributed by atoms with E-state index in [2.05, 4.69) is 26.8 Å². The predicted molar refractivity (Wildman–Crippen MR) is 73.7 cm³/mol. The molecule has 3 nitrogen and oxygen atoms in total. The van der Waals surface area contributed by atoms with Crippen LogP contribution in [0.15, 0.2) is 18.2 Å². The maximum Gasteiger partial charge on any atom is 0.305 e. The molecule has 18 heavy (non-hydrogen) atoms. The van der Waals surface area contributed by atoms with Crippen LogP contribution in [-0.2, 0) is 15.7 Å². The fourth-order valence-electron chi connectivity index (χ4n) is 2.11. The van der Waals surface area contributed by atoms with Crippen LogP contribution in [0.5, 0.6) is 0 Å². The second-order valence-electron chi connectivity index (χ2n) is 6.27. The van der Waals surface area contributed by atoms with Crippen LogP contribution in [0.1, 0.15) is 50.8 Å². The summed E-state index contributed by atoms with van der Waals surface area (Å²) in [6.45, 7) is 10.1. The van der Waals surface area contributed by atoms with Crippen molar-refractivity contribution < 1.29 is 9.90 Å². The summed E-state index contributed by atoms with van der Waals surface area (Å²) >= 11 is 0. The van der Waals surface area contributed by atoms with Gasteiger partial charge in [-0.1, -0.05) is 39.0 Å². The second kappa shape index (κ2) is 4.73. The van der Waals surface area contributed by atoms with E-state index in [9.17, 15) is 4.79 Å². The highest BCUT2D eigenvalue weighted by Crippen LogP contribution is 2.30. The summed E-state index contributed by atoms with van der Waals surface area (Å²) in [5.74, 6) is -0.874. The molecule has 0 aliphatic carbocycles. The SMILES string of the molecule is Cc1ccc(C(C)(C)C)cc1C(C)(N)CC(=O)O. The zero-order valence-corrected chi connectivity index (χ0v) is 11.9. The van der Waals surface area contributed by atoms with Gasteiger partial charge in [0, 0.05) is 5.54 Å². The van der Waals surface area contributed by atoms with E-state index in [4.69, 9.17) is 10.8 Å². The predicted octanol–water partition coefficient (Wildman–Crippen LogP) is 2.94. The summed E-state index contributed by atoms with van der Waals surface area (Å²) in [6, 6.07) is 6.14. The molecule has 3 N–H and O–H groups in total. The van der Waals surface area contributed by atoms with Crippen molar-refractivity contribution in [3.05, 3.63) is 34.9 Å². The minimum atomic E-state index is -0.874. The van der Waals surface area contributed by atoms with Gasteiger partial charge in [0.15, 0.2) is 0 Å². The lowest BCUT2D eigenvalue weighted by molar-refractivity contribution is -0.138. The molecule has 0 bridgehead atoms. The normalized spacial score (nSPS) is 15.2. The Morgan fingerprint density at radius 2 is 1.83 bits per heavy atom.